The number of nitrogens with one attached hydrogen (secondary N) is 2. The Kier molecular flexibility index (Phi) is 7.03. The molecule has 21 heavy (non-hydrogen) atoms. The van der Waals surface area contributed by atoms with Crippen molar-refractivity contribution in [3.05, 3.63) is 23.8 Å². The predicted octanol–water partition coefficient (Wildman–Crippen LogP) is 0.769. The number of ether oxygens (including phenoxy) is 2. The highest BCUT2D eigenvalue weighted by Gasteiger charge is 2.09. The molecule has 0 fully saturated rings. The van der Waals surface area contributed by atoms with E-state index in [1.54, 1.807) is 6.07 Å². The van der Waals surface area contributed by atoms with Gasteiger partial charge in [0.2, 0.25) is 0 Å². The van der Waals surface area contributed by atoms with E-state index in [0.717, 1.165) is 25.1 Å². The number of methoxy groups -OCH3 is 1. The Morgan fingerprint density at radius 1 is 1.29 bits per heavy atom. The molecule has 0 aliphatic rings. The van der Waals surface area contributed by atoms with Crippen LogP contribution in [0.3, 0.4) is 0 Å². The van der Waals surface area contributed by atoms with Crippen molar-refractivity contribution in [2.45, 2.75) is 19.9 Å². The Morgan fingerprint density at radius 2 is 2.05 bits per heavy atom. The number of imide groups is 1. The number of benzene rings is 1. The first-order chi connectivity index (χ1) is 10.1. The van der Waals surface area contributed by atoms with Crippen LogP contribution in [0.2, 0.25) is 0 Å². The molecule has 4 N–H and O–H groups in total. The van der Waals surface area contributed by atoms with Gasteiger partial charge in [-0.15, -0.1) is 0 Å². The van der Waals surface area contributed by atoms with E-state index in [2.05, 4.69) is 12.2 Å². The van der Waals surface area contributed by atoms with Crippen LogP contribution in [-0.2, 0) is 11.3 Å². The first kappa shape index (κ1) is 16.8. The highest BCUT2D eigenvalue weighted by atomic mass is 16.5. The van der Waals surface area contributed by atoms with Crippen molar-refractivity contribution >= 4 is 11.9 Å². The van der Waals surface area contributed by atoms with Crippen LogP contribution in [0.25, 0.3) is 0 Å². The van der Waals surface area contributed by atoms with Gasteiger partial charge in [0.25, 0.3) is 5.91 Å². The lowest BCUT2D eigenvalue weighted by atomic mass is 10.2. The van der Waals surface area contributed by atoms with Gasteiger partial charge < -0.3 is 20.5 Å². The monoisotopic (exact) mass is 295 g/mol. The summed E-state index contributed by atoms with van der Waals surface area (Å²) < 4.78 is 10.5. The molecule has 0 radical (unpaired) electrons. The van der Waals surface area contributed by atoms with Crippen LogP contribution >= 0.6 is 0 Å². The second kappa shape index (κ2) is 8.80. The minimum atomic E-state index is -0.909. The van der Waals surface area contributed by atoms with Crippen LogP contribution in [0.5, 0.6) is 11.5 Å². The van der Waals surface area contributed by atoms with Gasteiger partial charge in [0.15, 0.2) is 18.1 Å². The van der Waals surface area contributed by atoms with Gasteiger partial charge in [-0.2, -0.15) is 0 Å². The summed E-state index contributed by atoms with van der Waals surface area (Å²) in [5.41, 5.74) is 5.89. The fourth-order valence-electron chi connectivity index (χ4n) is 1.67. The highest BCUT2D eigenvalue weighted by molar-refractivity contribution is 5.94. The zero-order chi connectivity index (χ0) is 15.7. The summed E-state index contributed by atoms with van der Waals surface area (Å²) in [7, 11) is 1.52. The quantitative estimate of drug-likeness (QED) is 0.615. The molecule has 0 bridgehead atoms. The molecular formula is C14H21N3O4. The van der Waals surface area contributed by atoms with Gasteiger partial charge in [-0.1, -0.05) is 13.0 Å². The van der Waals surface area contributed by atoms with Crippen molar-refractivity contribution in [3.63, 3.8) is 0 Å². The Hall–Kier alpha value is -2.28. The maximum absolute atomic E-state index is 11.3. The van der Waals surface area contributed by atoms with E-state index in [4.69, 9.17) is 15.2 Å². The summed E-state index contributed by atoms with van der Waals surface area (Å²) in [6.07, 6.45) is 1.06. The number of amides is 3. The highest BCUT2D eigenvalue weighted by Crippen LogP contribution is 2.27. The van der Waals surface area contributed by atoms with E-state index >= 15 is 0 Å². The van der Waals surface area contributed by atoms with Gasteiger partial charge >= 0.3 is 6.03 Å². The molecule has 3 amide bonds. The minimum Gasteiger partial charge on any atom is -0.493 e. The van der Waals surface area contributed by atoms with E-state index in [9.17, 15) is 9.59 Å². The molecule has 0 aromatic heterocycles. The molecule has 0 atom stereocenters. The topological polar surface area (TPSA) is 103 Å². The standard InChI is InChI=1S/C14H21N3O4/c1-3-6-16-8-10-4-5-11(12(7-10)20-2)21-9-13(18)17-14(15)19/h4-5,7,16H,3,6,8-9H2,1-2H3,(H3,15,17,18,19). The number of primary amides is 1. The van der Waals surface area contributed by atoms with E-state index in [0.29, 0.717) is 11.5 Å². The molecule has 116 valence electrons. The van der Waals surface area contributed by atoms with Crippen LogP contribution in [0.4, 0.5) is 4.79 Å². The second-order valence-corrected chi connectivity index (χ2v) is 4.36. The van der Waals surface area contributed by atoms with Crippen molar-refractivity contribution in [2.24, 2.45) is 5.73 Å². The molecule has 0 aliphatic carbocycles. The summed E-state index contributed by atoms with van der Waals surface area (Å²) in [5.74, 6) is 0.340. The number of carbonyl (C=O) groups excluding carboxylic acids is 2. The number of nitrogens with two attached hydrogens (primary N) is 1. The SMILES string of the molecule is CCCNCc1ccc(OCC(=O)NC(N)=O)c(OC)c1. The number of hydrogen-bond acceptors (Lipinski definition) is 5. The summed E-state index contributed by atoms with van der Waals surface area (Å²) in [6.45, 7) is 3.45. The van der Waals surface area contributed by atoms with Crippen LogP contribution in [0.15, 0.2) is 18.2 Å². The fraction of sp³-hybridized carbons (Fsp3) is 0.429. The van der Waals surface area contributed by atoms with Crippen molar-refractivity contribution in [1.82, 2.24) is 10.6 Å². The average Bonchev–Trinajstić information content (AvgIpc) is 2.45. The lowest BCUT2D eigenvalue weighted by molar-refractivity contribution is -0.121. The Bertz CT molecular complexity index is 491. The lowest BCUT2D eigenvalue weighted by Gasteiger charge is -2.12. The third kappa shape index (κ3) is 6.13. The Labute approximate surface area is 123 Å². The summed E-state index contributed by atoms with van der Waals surface area (Å²) >= 11 is 0. The maximum Gasteiger partial charge on any atom is 0.318 e. The van der Waals surface area contributed by atoms with Gasteiger partial charge in [0.05, 0.1) is 7.11 Å². The van der Waals surface area contributed by atoms with Gasteiger partial charge in [-0.05, 0) is 30.7 Å². The molecule has 0 spiro atoms. The summed E-state index contributed by atoms with van der Waals surface area (Å²) in [5, 5.41) is 5.20. The first-order valence-corrected chi connectivity index (χ1v) is 6.66. The van der Waals surface area contributed by atoms with Crippen LogP contribution in [0.1, 0.15) is 18.9 Å². The Balaban J connectivity index is 2.61. The van der Waals surface area contributed by atoms with Crippen molar-refractivity contribution in [3.8, 4) is 11.5 Å². The maximum atomic E-state index is 11.3. The number of carbonyl (C=O) groups is 2. The zero-order valence-corrected chi connectivity index (χ0v) is 12.3. The van der Waals surface area contributed by atoms with E-state index in [-0.39, 0.29) is 6.61 Å². The third-order valence-corrected chi connectivity index (χ3v) is 2.61. The molecule has 0 heterocycles. The normalized spacial score (nSPS) is 10.0. The molecule has 0 unspecified atom stereocenters. The number of hydrogen-bond donors (Lipinski definition) is 3. The van der Waals surface area contributed by atoms with Crippen molar-refractivity contribution < 1.29 is 19.1 Å². The molecule has 0 saturated carbocycles. The summed E-state index contributed by atoms with van der Waals surface area (Å²) in [6, 6.07) is 4.53. The van der Waals surface area contributed by atoms with Crippen LogP contribution in [0, 0.1) is 0 Å². The van der Waals surface area contributed by atoms with Gasteiger partial charge in [0.1, 0.15) is 0 Å². The van der Waals surface area contributed by atoms with Crippen LogP contribution in [-0.4, -0.2) is 32.2 Å². The molecule has 0 saturated heterocycles. The van der Waals surface area contributed by atoms with Gasteiger partial charge in [-0.3, -0.25) is 10.1 Å². The lowest BCUT2D eigenvalue weighted by Crippen LogP contribution is -2.38. The van der Waals surface area contributed by atoms with Gasteiger partial charge in [-0.25, -0.2) is 4.79 Å². The molecule has 1 aromatic rings. The molecular weight excluding hydrogens is 274 g/mol. The van der Waals surface area contributed by atoms with E-state index in [1.165, 1.54) is 7.11 Å². The summed E-state index contributed by atoms with van der Waals surface area (Å²) in [4.78, 5) is 21.8. The minimum absolute atomic E-state index is 0.313. The molecule has 0 aliphatic heterocycles. The second-order valence-electron chi connectivity index (χ2n) is 4.36. The average molecular weight is 295 g/mol. The van der Waals surface area contributed by atoms with E-state index in [1.807, 2.05) is 17.4 Å². The fourth-order valence-corrected chi connectivity index (χ4v) is 1.67. The molecule has 1 rings (SSSR count). The van der Waals surface area contributed by atoms with E-state index < -0.39 is 11.9 Å². The predicted molar refractivity (Wildman–Crippen MR) is 78.2 cm³/mol. The first-order valence-electron chi connectivity index (χ1n) is 6.66. The van der Waals surface area contributed by atoms with Gasteiger partial charge in [0, 0.05) is 6.54 Å². The largest absolute Gasteiger partial charge is 0.493 e. The third-order valence-electron chi connectivity index (χ3n) is 2.61. The molecule has 7 heteroatoms. The number of urea groups is 1. The number of rotatable bonds is 8. The Morgan fingerprint density at radius 3 is 2.67 bits per heavy atom. The zero-order valence-electron chi connectivity index (χ0n) is 12.3. The molecule has 7 nitrogen and oxygen atoms in total. The van der Waals surface area contributed by atoms with Crippen molar-refractivity contribution in [2.75, 3.05) is 20.3 Å². The molecule has 1 aromatic carbocycles. The van der Waals surface area contributed by atoms with Crippen LogP contribution < -0.4 is 25.8 Å². The van der Waals surface area contributed by atoms with Crippen molar-refractivity contribution in [1.29, 1.82) is 0 Å². The smallest absolute Gasteiger partial charge is 0.318 e.